The van der Waals surface area contributed by atoms with Crippen molar-refractivity contribution < 1.29 is 36.2 Å². The van der Waals surface area contributed by atoms with Crippen molar-refractivity contribution in [1.29, 1.82) is 0 Å². The van der Waals surface area contributed by atoms with Crippen molar-refractivity contribution in [3.63, 3.8) is 0 Å². The Morgan fingerprint density at radius 1 is 1.19 bits per heavy atom. The van der Waals surface area contributed by atoms with Crippen molar-refractivity contribution in [3.05, 3.63) is 12.2 Å². The molecule has 26 heavy (non-hydrogen) atoms. The molecule has 8 heteroatoms. The first-order valence-electron chi connectivity index (χ1n) is 8.80. The first-order chi connectivity index (χ1) is 11.7. The highest BCUT2D eigenvalue weighted by molar-refractivity contribution is 5.83. The Hall–Kier alpha value is -1.05. The lowest BCUT2D eigenvalue weighted by Gasteiger charge is -2.42. The molecule has 2 saturated carbocycles. The molecule has 0 amide bonds. The predicted octanol–water partition coefficient (Wildman–Crippen LogP) is 5.21. The lowest BCUT2D eigenvalue weighted by Crippen LogP contribution is -2.55. The third-order valence-electron chi connectivity index (χ3n) is 6.35. The van der Waals surface area contributed by atoms with Crippen molar-refractivity contribution in [2.75, 3.05) is 0 Å². The molecule has 2 aliphatic carbocycles. The summed E-state index contributed by atoms with van der Waals surface area (Å²) in [5.74, 6) is 0.0339. The molecule has 0 saturated heterocycles. The fraction of sp³-hybridized carbons (Fsp3) is 0.833. The van der Waals surface area contributed by atoms with E-state index in [0.717, 1.165) is 31.8 Å². The monoisotopic (exact) mass is 386 g/mol. The van der Waals surface area contributed by atoms with E-state index in [-0.39, 0.29) is 41.4 Å². The fourth-order valence-electron chi connectivity index (χ4n) is 4.87. The van der Waals surface area contributed by atoms with E-state index in [1.165, 1.54) is 0 Å². The molecule has 2 aliphatic rings. The molecule has 4 atom stereocenters. The number of rotatable bonds is 4. The van der Waals surface area contributed by atoms with Crippen LogP contribution in [0.5, 0.6) is 0 Å². The number of hydrogen-bond donors (Lipinski definition) is 1. The summed E-state index contributed by atoms with van der Waals surface area (Å²) in [5, 5.41) is 9.15. The second kappa shape index (κ2) is 6.84. The number of allylic oxidation sites excluding steroid dienone is 1. The normalized spacial score (nSPS) is 32.1. The largest absolute Gasteiger partial charge is 0.429 e. The van der Waals surface area contributed by atoms with E-state index in [0.29, 0.717) is 6.42 Å². The summed E-state index contributed by atoms with van der Waals surface area (Å²) in [6.07, 6.45) is -7.49. The van der Waals surface area contributed by atoms with Crippen molar-refractivity contribution in [3.8, 4) is 0 Å². The number of halogens is 6. The number of fused-ring (bicyclic) bond motifs is 1. The third-order valence-corrected chi connectivity index (χ3v) is 6.35. The number of carbonyl (C=O) groups excluding carboxylic acids is 1. The van der Waals surface area contributed by atoms with Gasteiger partial charge in [0.2, 0.25) is 0 Å². The topological polar surface area (TPSA) is 37.3 Å². The molecular weight excluding hydrogens is 362 g/mol. The van der Waals surface area contributed by atoms with Crippen LogP contribution in [0, 0.1) is 23.2 Å². The minimum atomic E-state index is -5.84. The Labute approximate surface area is 148 Å². The molecular formula is C18H24F6O2. The molecule has 0 aromatic rings. The maximum Gasteiger partial charge on any atom is 0.429 e. The van der Waals surface area contributed by atoms with Crippen LogP contribution >= 0.6 is 0 Å². The highest BCUT2D eigenvalue weighted by Gasteiger charge is 2.68. The predicted molar refractivity (Wildman–Crippen MR) is 83.2 cm³/mol. The first kappa shape index (κ1) is 21.3. The summed E-state index contributed by atoms with van der Waals surface area (Å²) in [6, 6.07) is 0. The van der Waals surface area contributed by atoms with Crippen molar-refractivity contribution in [2.24, 2.45) is 23.2 Å². The van der Waals surface area contributed by atoms with E-state index >= 15 is 0 Å². The van der Waals surface area contributed by atoms with E-state index < -0.39 is 18.0 Å². The Balaban J connectivity index is 2.12. The van der Waals surface area contributed by atoms with E-state index in [9.17, 15) is 31.1 Å². The summed E-state index contributed by atoms with van der Waals surface area (Å²) in [6.45, 7) is 3.79. The zero-order chi connectivity index (χ0) is 20.0. The quantitative estimate of drug-likeness (QED) is 0.532. The molecule has 0 aromatic carbocycles. The van der Waals surface area contributed by atoms with Gasteiger partial charge in [0.25, 0.3) is 5.60 Å². The second-order valence-corrected chi connectivity index (χ2v) is 7.94. The highest BCUT2D eigenvalue weighted by Crippen LogP contribution is 2.57. The van der Waals surface area contributed by atoms with Gasteiger partial charge in [0.1, 0.15) is 5.78 Å². The van der Waals surface area contributed by atoms with Crippen LogP contribution in [0.3, 0.4) is 0 Å². The summed E-state index contributed by atoms with van der Waals surface area (Å²) in [5.41, 5.74) is -5.09. The van der Waals surface area contributed by atoms with Crippen molar-refractivity contribution in [1.82, 2.24) is 0 Å². The molecule has 0 bridgehead atoms. The van der Waals surface area contributed by atoms with Gasteiger partial charge >= 0.3 is 12.4 Å². The van der Waals surface area contributed by atoms with Gasteiger partial charge in [0.05, 0.1) is 0 Å². The average molecular weight is 386 g/mol. The zero-order valence-corrected chi connectivity index (χ0v) is 14.8. The summed E-state index contributed by atoms with van der Waals surface area (Å²) < 4.78 is 76.2. The molecule has 0 aromatic heterocycles. The molecule has 1 N–H and O–H groups in total. The minimum absolute atomic E-state index is 0.0182. The van der Waals surface area contributed by atoms with E-state index in [1.54, 1.807) is 6.92 Å². The van der Waals surface area contributed by atoms with Gasteiger partial charge in [0, 0.05) is 12.3 Å². The van der Waals surface area contributed by atoms with Gasteiger partial charge in [-0.3, -0.25) is 4.79 Å². The molecule has 2 fully saturated rings. The Bertz CT molecular complexity index is 551. The fourth-order valence-corrected chi connectivity index (χ4v) is 4.87. The van der Waals surface area contributed by atoms with Crippen LogP contribution in [-0.4, -0.2) is 28.8 Å². The number of ketones is 1. The zero-order valence-electron chi connectivity index (χ0n) is 14.8. The van der Waals surface area contributed by atoms with Gasteiger partial charge < -0.3 is 5.11 Å². The van der Waals surface area contributed by atoms with Crippen LogP contribution < -0.4 is 0 Å². The summed E-state index contributed by atoms with van der Waals surface area (Å²) in [4.78, 5) is 12.1. The first-order valence-corrected chi connectivity index (χ1v) is 8.80. The number of carbonyl (C=O) groups is 1. The van der Waals surface area contributed by atoms with Crippen LogP contribution in [0.15, 0.2) is 12.2 Å². The molecule has 0 aliphatic heterocycles. The van der Waals surface area contributed by atoms with Gasteiger partial charge in [-0.05, 0) is 55.4 Å². The van der Waals surface area contributed by atoms with Gasteiger partial charge in [-0.2, -0.15) is 26.3 Å². The number of hydrogen-bond acceptors (Lipinski definition) is 2. The molecule has 0 heterocycles. The minimum Gasteiger partial charge on any atom is -0.370 e. The van der Waals surface area contributed by atoms with Crippen molar-refractivity contribution in [2.45, 2.75) is 70.3 Å². The van der Waals surface area contributed by atoms with Crippen LogP contribution in [0.2, 0.25) is 0 Å². The number of Topliss-reactive ketones (excluding diaryl/α,β-unsaturated/α-hetero) is 1. The van der Waals surface area contributed by atoms with Gasteiger partial charge in [-0.1, -0.05) is 19.9 Å². The third kappa shape index (κ3) is 3.53. The van der Waals surface area contributed by atoms with Crippen LogP contribution in [0.4, 0.5) is 26.3 Å². The lowest BCUT2D eigenvalue weighted by atomic mass is 9.62. The number of aliphatic hydroxyl groups is 1. The summed E-state index contributed by atoms with van der Waals surface area (Å²) >= 11 is 0. The molecule has 2 rings (SSSR count). The van der Waals surface area contributed by atoms with Gasteiger partial charge in [-0.15, -0.1) is 0 Å². The van der Waals surface area contributed by atoms with Crippen LogP contribution in [0.25, 0.3) is 0 Å². The molecule has 150 valence electrons. The molecule has 2 nitrogen and oxygen atoms in total. The van der Waals surface area contributed by atoms with E-state index in [1.807, 2.05) is 6.92 Å². The highest BCUT2D eigenvalue weighted by atomic mass is 19.4. The maximum atomic E-state index is 12.7. The SMILES string of the molecule is CC(CC=CC(O)(C(F)(F)F)C(F)(F)F)[C@H]1CC[C@H]2C(=O)CCC[C@]12C. The van der Waals surface area contributed by atoms with E-state index in [2.05, 4.69) is 0 Å². The van der Waals surface area contributed by atoms with E-state index in [4.69, 9.17) is 5.11 Å². The standard InChI is InChI=1S/C18H24F6O2/c1-11(5-3-10-16(26,17(19,20)21)18(22,23)24)12-7-8-13-14(25)6-4-9-15(12,13)2/h3,10-13,26H,4-9H2,1-2H3/t11?,12-,13+,15-/m1/s1. The molecule has 0 spiro atoms. The smallest absolute Gasteiger partial charge is 0.370 e. The van der Waals surface area contributed by atoms with Gasteiger partial charge in [0.15, 0.2) is 0 Å². The summed E-state index contributed by atoms with van der Waals surface area (Å²) in [7, 11) is 0. The molecule has 1 unspecified atom stereocenters. The lowest BCUT2D eigenvalue weighted by molar-refractivity contribution is -0.347. The Kier molecular flexibility index (Phi) is 5.59. The van der Waals surface area contributed by atoms with Crippen molar-refractivity contribution >= 4 is 5.78 Å². The maximum absolute atomic E-state index is 12.7. The van der Waals surface area contributed by atoms with Crippen LogP contribution in [0.1, 0.15) is 52.4 Å². The number of alkyl halides is 6. The Morgan fingerprint density at radius 3 is 2.31 bits per heavy atom. The van der Waals surface area contributed by atoms with Crippen LogP contribution in [-0.2, 0) is 4.79 Å². The average Bonchev–Trinajstić information content (AvgIpc) is 2.83. The molecule has 0 radical (unpaired) electrons. The Morgan fingerprint density at radius 2 is 1.77 bits per heavy atom. The van der Waals surface area contributed by atoms with Gasteiger partial charge in [-0.25, -0.2) is 0 Å². The second-order valence-electron chi connectivity index (χ2n) is 7.94.